The number of fused-ring (bicyclic) bond motifs is 6. The maximum Gasteiger partial charge on any atom is 0.340 e. The summed E-state index contributed by atoms with van der Waals surface area (Å²) in [5, 5.41) is 35.2. The van der Waals surface area contributed by atoms with Crippen LogP contribution in [0, 0.1) is 0 Å². The molecule has 1 spiro atoms. The molecule has 5 N–H and O–H groups in total. The monoisotopic (exact) mass is 506 g/mol. The molecule has 36 heavy (non-hydrogen) atoms. The van der Waals surface area contributed by atoms with E-state index in [-0.39, 0.29) is 33.7 Å². The smallest absolute Gasteiger partial charge is 0.340 e. The van der Waals surface area contributed by atoms with Crippen molar-refractivity contribution in [2.45, 2.75) is 31.4 Å². The summed E-state index contributed by atoms with van der Waals surface area (Å²) in [6.45, 7) is 1.88. The predicted octanol–water partition coefficient (Wildman–Crippen LogP) is 4.21. The van der Waals surface area contributed by atoms with E-state index in [0.717, 1.165) is 0 Å². The Kier molecular flexibility index (Phi) is 5.68. The van der Waals surface area contributed by atoms with Crippen LogP contribution < -0.4 is 15.4 Å². The molecule has 0 bridgehead atoms. The molecular weight excluding hydrogens is 484 g/mol. The van der Waals surface area contributed by atoms with E-state index in [9.17, 15) is 24.9 Å². The molecule has 3 aromatic carbocycles. The van der Waals surface area contributed by atoms with E-state index in [2.05, 4.69) is 10.6 Å². The van der Waals surface area contributed by atoms with Gasteiger partial charge < -0.3 is 35.4 Å². The highest BCUT2D eigenvalue weighted by molar-refractivity contribution is 7.80. The first-order chi connectivity index (χ1) is 17.2. The molecule has 0 aliphatic carbocycles. The number of thiocarbonyl (C=S) groups is 1. The van der Waals surface area contributed by atoms with Crippen molar-refractivity contribution < 1.29 is 34.4 Å². The largest absolute Gasteiger partial charge is 0.508 e. The van der Waals surface area contributed by atoms with Crippen LogP contribution in [0.3, 0.4) is 0 Å². The Balaban J connectivity index is 1.55. The zero-order valence-electron chi connectivity index (χ0n) is 19.1. The van der Waals surface area contributed by atoms with Gasteiger partial charge in [-0.2, -0.15) is 0 Å². The van der Waals surface area contributed by atoms with Gasteiger partial charge in [-0.25, -0.2) is 9.59 Å². The lowest BCUT2D eigenvalue weighted by molar-refractivity contribution is -0.139. The number of anilines is 1. The van der Waals surface area contributed by atoms with Gasteiger partial charge in [0, 0.05) is 34.5 Å². The van der Waals surface area contributed by atoms with E-state index in [1.165, 1.54) is 24.3 Å². The Morgan fingerprint density at radius 2 is 1.61 bits per heavy atom. The summed E-state index contributed by atoms with van der Waals surface area (Å²) in [5.41, 5.74) is 0.993. The number of rotatable bonds is 5. The third-order valence-electron chi connectivity index (χ3n) is 6.21. The molecule has 1 atom stereocenters. The van der Waals surface area contributed by atoms with Crippen LogP contribution in [0.1, 0.15) is 46.8 Å². The molecule has 10 heteroatoms. The van der Waals surface area contributed by atoms with Crippen molar-refractivity contribution in [3.8, 4) is 23.0 Å². The second kappa shape index (κ2) is 8.72. The van der Waals surface area contributed by atoms with Crippen LogP contribution in [0.25, 0.3) is 0 Å². The summed E-state index contributed by atoms with van der Waals surface area (Å²) >= 11 is 5.28. The van der Waals surface area contributed by atoms with E-state index in [4.69, 9.17) is 21.7 Å². The fourth-order valence-corrected chi connectivity index (χ4v) is 4.91. The van der Waals surface area contributed by atoms with Crippen LogP contribution in [0.2, 0.25) is 0 Å². The van der Waals surface area contributed by atoms with Crippen molar-refractivity contribution in [3.05, 3.63) is 76.9 Å². The lowest BCUT2D eigenvalue weighted by Crippen LogP contribution is -2.42. The molecule has 0 radical (unpaired) electrons. The van der Waals surface area contributed by atoms with Crippen LogP contribution in [0.15, 0.2) is 54.6 Å². The molecule has 0 saturated carbocycles. The fourth-order valence-electron chi connectivity index (χ4n) is 4.65. The molecule has 184 valence electrons. The van der Waals surface area contributed by atoms with E-state index < -0.39 is 23.6 Å². The number of esters is 1. The minimum absolute atomic E-state index is 0.0275. The number of carbonyl (C=O) groups excluding carboxylic acids is 1. The molecule has 2 heterocycles. The Bertz CT molecular complexity index is 1370. The lowest BCUT2D eigenvalue weighted by atomic mass is 9.77. The van der Waals surface area contributed by atoms with E-state index in [1.807, 2.05) is 6.92 Å². The molecule has 5 rings (SSSR count). The number of carbonyl (C=O) groups is 2. The van der Waals surface area contributed by atoms with Crippen molar-refractivity contribution >= 4 is 35.0 Å². The van der Waals surface area contributed by atoms with Crippen molar-refractivity contribution in [2.75, 3.05) is 5.32 Å². The number of aromatic hydroxyl groups is 2. The average Bonchev–Trinajstić information content (AvgIpc) is 3.10. The summed E-state index contributed by atoms with van der Waals surface area (Å²) in [6, 6.07) is 13.3. The number of benzene rings is 3. The van der Waals surface area contributed by atoms with Gasteiger partial charge in [0.05, 0.1) is 5.56 Å². The van der Waals surface area contributed by atoms with Gasteiger partial charge in [-0.05, 0) is 55.0 Å². The number of carboxylic acids is 1. The highest BCUT2D eigenvalue weighted by Crippen LogP contribution is 2.57. The highest BCUT2D eigenvalue weighted by atomic mass is 32.1. The normalized spacial score (nSPS) is 15.1. The molecule has 2 aliphatic heterocycles. The standard InChI is InChI=1S/C26H22N2O7S/c1-2-3-20(23(31)32)28-25(36)27-13-4-7-17-16(10-13)24(33)35-26(17)18-8-5-14(29)11-21(18)34-22-12-15(30)6-9-19(22)26/h4-12,20,29-30H,2-3H2,1H3,(H,31,32)(H2,27,28,36)/t20-/m0/s1. The number of ether oxygens (including phenoxy) is 2. The van der Waals surface area contributed by atoms with Crippen molar-refractivity contribution in [1.29, 1.82) is 0 Å². The zero-order chi connectivity index (χ0) is 25.6. The molecular formula is C26H22N2O7S. The molecule has 0 saturated heterocycles. The lowest BCUT2D eigenvalue weighted by Gasteiger charge is -2.36. The number of aliphatic carboxylic acids is 1. The minimum atomic E-state index is -1.36. The molecule has 0 amide bonds. The van der Waals surface area contributed by atoms with Crippen LogP contribution in [-0.4, -0.2) is 38.4 Å². The van der Waals surface area contributed by atoms with Crippen LogP contribution >= 0.6 is 12.2 Å². The first-order valence-electron chi connectivity index (χ1n) is 11.3. The van der Waals surface area contributed by atoms with Crippen LogP contribution in [-0.2, 0) is 15.1 Å². The zero-order valence-corrected chi connectivity index (χ0v) is 19.9. The Labute approximate surface area is 211 Å². The molecule has 2 aliphatic rings. The summed E-state index contributed by atoms with van der Waals surface area (Å²) in [7, 11) is 0. The third kappa shape index (κ3) is 3.75. The van der Waals surface area contributed by atoms with Crippen molar-refractivity contribution in [3.63, 3.8) is 0 Å². The molecule has 9 nitrogen and oxygen atoms in total. The average molecular weight is 507 g/mol. The predicted molar refractivity (Wildman–Crippen MR) is 134 cm³/mol. The number of hydrogen-bond acceptors (Lipinski definition) is 7. The van der Waals surface area contributed by atoms with Crippen molar-refractivity contribution in [2.24, 2.45) is 0 Å². The number of nitrogens with one attached hydrogen (secondary N) is 2. The van der Waals surface area contributed by atoms with E-state index in [0.29, 0.717) is 35.2 Å². The van der Waals surface area contributed by atoms with Gasteiger partial charge in [-0.15, -0.1) is 0 Å². The number of hydrogen-bond donors (Lipinski definition) is 5. The third-order valence-corrected chi connectivity index (χ3v) is 6.43. The van der Waals surface area contributed by atoms with Crippen molar-refractivity contribution in [1.82, 2.24) is 5.32 Å². The summed E-state index contributed by atoms with van der Waals surface area (Å²) in [5.74, 6) is -1.06. The second-order valence-electron chi connectivity index (χ2n) is 8.57. The van der Waals surface area contributed by atoms with Gasteiger partial charge in [0.2, 0.25) is 0 Å². The topological polar surface area (TPSA) is 137 Å². The number of phenols is 2. The highest BCUT2D eigenvalue weighted by Gasteiger charge is 2.53. The van der Waals surface area contributed by atoms with Gasteiger partial charge in [-0.1, -0.05) is 19.4 Å². The minimum Gasteiger partial charge on any atom is -0.508 e. The Morgan fingerprint density at radius 1 is 1.00 bits per heavy atom. The molecule has 0 unspecified atom stereocenters. The van der Waals surface area contributed by atoms with Crippen LogP contribution in [0.4, 0.5) is 5.69 Å². The summed E-state index contributed by atoms with van der Waals surface area (Å²) in [4.78, 5) is 24.6. The first kappa shape index (κ1) is 23.4. The van der Waals surface area contributed by atoms with Gasteiger partial charge >= 0.3 is 11.9 Å². The first-order valence-corrected chi connectivity index (χ1v) is 11.7. The van der Waals surface area contributed by atoms with E-state index >= 15 is 0 Å². The Morgan fingerprint density at radius 3 is 2.19 bits per heavy atom. The number of carboxylic acid groups (broad SMARTS) is 1. The summed E-state index contributed by atoms with van der Waals surface area (Å²) < 4.78 is 12.0. The molecule has 3 aromatic rings. The second-order valence-corrected chi connectivity index (χ2v) is 8.98. The quantitative estimate of drug-likeness (QED) is 0.253. The van der Waals surface area contributed by atoms with Gasteiger partial charge in [-0.3, -0.25) is 0 Å². The maximum absolute atomic E-state index is 13.2. The van der Waals surface area contributed by atoms with Crippen LogP contribution in [0.5, 0.6) is 23.0 Å². The molecule has 0 fully saturated rings. The SMILES string of the molecule is CCC[C@H](NC(=S)Nc1ccc2c(c1)C(=O)OC21c2ccc(O)cc2Oc2cc(O)ccc21)C(=O)O. The summed E-state index contributed by atoms with van der Waals surface area (Å²) in [6.07, 6.45) is 1.07. The van der Waals surface area contributed by atoms with Gasteiger partial charge in [0.1, 0.15) is 29.0 Å². The van der Waals surface area contributed by atoms with E-state index in [1.54, 1.807) is 30.3 Å². The van der Waals surface area contributed by atoms with Gasteiger partial charge in [0.25, 0.3) is 0 Å². The van der Waals surface area contributed by atoms with Gasteiger partial charge in [0.15, 0.2) is 10.7 Å². The number of phenolic OH excluding ortho intramolecular Hbond substituents is 2. The molecule has 0 aromatic heterocycles. The maximum atomic E-state index is 13.2. The fraction of sp³-hybridized carbons (Fsp3) is 0.192. The Hall–Kier alpha value is -4.31.